The Labute approximate surface area is 215 Å². The smallest absolute Gasteiger partial charge is 0.243 e. The molecule has 0 aliphatic heterocycles. The highest BCUT2D eigenvalue weighted by atomic mass is 35.5. The van der Waals surface area contributed by atoms with Gasteiger partial charge in [-0.1, -0.05) is 24.6 Å². The highest BCUT2D eigenvalue weighted by Crippen LogP contribution is 2.45. The van der Waals surface area contributed by atoms with Crippen molar-refractivity contribution in [3.8, 4) is 17.2 Å². The zero-order chi connectivity index (χ0) is 26.0. The van der Waals surface area contributed by atoms with Crippen LogP contribution in [0.25, 0.3) is 5.69 Å². The van der Waals surface area contributed by atoms with E-state index in [4.69, 9.17) is 25.8 Å². The first-order chi connectivity index (χ1) is 17.2. The first kappa shape index (κ1) is 26.1. The Morgan fingerprint density at radius 3 is 2.22 bits per heavy atom. The molecule has 4 atom stereocenters. The number of hydrogen-bond acceptors (Lipinski definition) is 9. The third-order valence-corrected chi connectivity index (χ3v) is 8.45. The molecule has 11 nitrogen and oxygen atoms in total. The Kier molecular flexibility index (Phi) is 7.67. The summed E-state index contributed by atoms with van der Waals surface area (Å²) in [6.45, 7) is 3.64. The van der Waals surface area contributed by atoms with Crippen LogP contribution in [-0.2, 0) is 14.8 Å². The summed E-state index contributed by atoms with van der Waals surface area (Å²) < 4.78 is 48.0. The van der Waals surface area contributed by atoms with Crippen LogP contribution in [0.5, 0.6) is 11.5 Å². The first-order valence-corrected chi connectivity index (χ1v) is 13.3. The number of ether oxygens (including phenoxy) is 3. The van der Waals surface area contributed by atoms with Gasteiger partial charge in [0.05, 0.1) is 19.2 Å². The molecule has 0 bridgehead atoms. The van der Waals surface area contributed by atoms with Crippen LogP contribution in [0.15, 0.2) is 30.6 Å². The fourth-order valence-corrected chi connectivity index (χ4v) is 5.51. The summed E-state index contributed by atoms with van der Waals surface area (Å²) >= 11 is 5.88. The molecular formula is C23H29ClN6O5S. The van der Waals surface area contributed by atoms with Gasteiger partial charge in [-0.2, -0.15) is 0 Å². The van der Waals surface area contributed by atoms with Gasteiger partial charge in [-0.15, -0.1) is 10.2 Å². The van der Waals surface area contributed by atoms with E-state index in [1.807, 2.05) is 0 Å². The molecule has 1 fully saturated rings. The van der Waals surface area contributed by atoms with E-state index in [1.165, 1.54) is 40.6 Å². The molecule has 1 N–H and O–H groups in total. The number of para-hydroxylation sites is 1. The van der Waals surface area contributed by atoms with Crippen molar-refractivity contribution in [1.29, 1.82) is 0 Å². The summed E-state index contributed by atoms with van der Waals surface area (Å²) in [5, 5.41) is 7.88. The van der Waals surface area contributed by atoms with Gasteiger partial charge in [0.25, 0.3) is 0 Å². The molecule has 0 amide bonds. The molecule has 0 spiro atoms. The van der Waals surface area contributed by atoms with Crippen LogP contribution in [0, 0.1) is 5.92 Å². The molecule has 4 rings (SSSR count). The van der Waals surface area contributed by atoms with Crippen LogP contribution in [0.4, 0.5) is 5.95 Å². The molecule has 3 aromatic rings. The zero-order valence-corrected chi connectivity index (χ0v) is 22.2. The third-order valence-electron chi connectivity index (χ3n) is 6.56. The van der Waals surface area contributed by atoms with Crippen LogP contribution in [0.1, 0.15) is 50.4 Å². The van der Waals surface area contributed by atoms with Crippen LogP contribution < -0.4 is 14.2 Å². The Bertz CT molecular complexity index is 1290. The SMILES string of the molecule is COc1cccc(OC)c1-n1c(NS(=O)(=O)[C@@H](C)[C@H](OC)c2ncc(Cl)cn2)nnc1[C@H]1CC[C@@H]1C. The van der Waals surface area contributed by atoms with Crippen molar-refractivity contribution >= 4 is 27.6 Å². The third kappa shape index (κ3) is 4.84. The molecule has 36 heavy (non-hydrogen) atoms. The number of anilines is 1. The fraction of sp³-hybridized carbons (Fsp3) is 0.478. The molecule has 13 heteroatoms. The van der Waals surface area contributed by atoms with Gasteiger partial charge in [0, 0.05) is 25.4 Å². The van der Waals surface area contributed by atoms with Crippen molar-refractivity contribution in [2.45, 2.75) is 44.0 Å². The average Bonchev–Trinajstić information content (AvgIpc) is 3.24. The van der Waals surface area contributed by atoms with Gasteiger partial charge in [0.15, 0.2) is 5.82 Å². The van der Waals surface area contributed by atoms with Crippen molar-refractivity contribution in [3.63, 3.8) is 0 Å². The molecule has 1 aliphatic carbocycles. The van der Waals surface area contributed by atoms with Gasteiger partial charge in [0.1, 0.15) is 34.4 Å². The quantitative estimate of drug-likeness (QED) is 0.411. The van der Waals surface area contributed by atoms with Crippen molar-refractivity contribution < 1.29 is 22.6 Å². The second-order valence-electron chi connectivity index (χ2n) is 8.66. The second kappa shape index (κ2) is 10.6. The van der Waals surface area contributed by atoms with Crippen molar-refractivity contribution in [1.82, 2.24) is 24.7 Å². The summed E-state index contributed by atoms with van der Waals surface area (Å²) in [4.78, 5) is 8.26. The maximum atomic E-state index is 13.5. The van der Waals surface area contributed by atoms with E-state index >= 15 is 0 Å². The summed E-state index contributed by atoms with van der Waals surface area (Å²) in [5.74, 6) is 2.29. The van der Waals surface area contributed by atoms with E-state index in [1.54, 1.807) is 22.8 Å². The summed E-state index contributed by atoms with van der Waals surface area (Å²) in [6, 6.07) is 5.33. The number of methoxy groups -OCH3 is 3. The summed E-state index contributed by atoms with van der Waals surface area (Å²) in [5.41, 5.74) is 0.510. The monoisotopic (exact) mass is 536 g/mol. The van der Waals surface area contributed by atoms with E-state index < -0.39 is 21.4 Å². The van der Waals surface area contributed by atoms with Gasteiger partial charge < -0.3 is 14.2 Å². The Balaban J connectivity index is 1.78. The zero-order valence-electron chi connectivity index (χ0n) is 20.7. The highest BCUT2D eigenvalue weighted by Gasteiger charge is 2.38. The minimum Gasteiger partial charge on any atom is -0.494 e. The van der Waals surface area contributed by atoms with E-state index in [9.17, 15) is 8.42 Å². The lowest BCUT2D eigenvalue weighted by Crippen LogP contribution is -2.33. The maximum absolute atomic E-state index is 13.5. The molecule has 194 valence electrons. The Morgan fingerprint density at radius 2 is 1.72 bits per heavy atom. The van der Waals surface area contributed by atoms with E-state index in [2.05, 4.69) is 31.8 Å². The van der Waals surface area contributed by atoms with Gasteiger partial charge in [0.2, 0.25) is 16.0 Å². The number of sulfonamides is 1. The molecule has 1 aromatic carbocycles. The van der Waals surface area contributed by atoms with Crippen molar-refractivity contribution in [2.24, 2.45) is 5.92 Å². The number of rotatable bonds is 10. The average molecular weight is 537 g/mol. The number of nitrogens with one attached hydrogen (secondary N) is 1. The minimum atomic E-state index is -4.06. The number of aromatic nitrogens is 5. The van der Waals surface area contributed by atoms with Crippen LogP contribution in [0.3, 0.4) is 0 Å². The molecule has 0 saturated heterocycles. The molecule has 0 radical (unpaired) electrons. The normalized spacial score (nSPS) is 19.3. The largest absolute Gasteiger partial charge is 0.494 e. The Morgan fingerprint density at radius 1 is 1.08 bits per heavy atom. The topological polar surface area (TPSA) is 130 Å². The molecule has 1 aliphatic rings. The van der Waals surface area contributed by atoms with Gasteiger partial charge >= 0.3 is 0 Å². The van der Waals surface area contributed by atoms with Crippen LogP contribution in [-0.4, -0.2) is 59.7 Å². The number of halogens is 1. The maximum Gasteiger partial charge on any atom is 0.243 e. The lowest BCUT2D eigenvalue weighted by Gasteiger charge is -2.33. The number of hydrogen-bond donors (Lipinski definition) is 1. The molecule has 2 aromatic heterocycles. The lowest BCUT2D eigenvalue weighted by molar-refractivity contribution is 0.0950. The summed E-state index contributed by atoms with van der Waals surface area (Å²) in [6.07, 6.45) is 3.79. The Hall–Kier alpha value is -2.96. The summed E-state index contributed by atoms with van der Waals surface area (Å²) in [7, 11) is 0.410. The molecular weight excluding hydrogens is 508 g/mol. The first-order valence-electron chi connectivity index (χ1n) is 11.4. The molecule has 2 heterocycles. The van der Waals surface area contributed by atoms with Crippen molar-refractivity contribution in [3.05, 3.63) is 47.3 Å². The highest BCUT2D eigenvalue weighted by molar-refractivity contribution is 7.93. The van der Waals surface area contributed by atoms with Gasteiger partial charge in [-0.25, -0.2) is 18.4 Å². The van der Waals surface area contributed by atoms with E-state index in [0.29, 0.717) is 34.0 Å². The van der Waals surface area contributed by atoms with Crippen LogP contribution in [0.2, 0.25) is 5.02 Å². The standard InChI is InChI=1S/C23H29ClN6O5S/c1-13-9-10-16(13)22-27-28-23(30(22)19-17(33-3)7-6-8-18(19)34-4)29-36(31,32)14(2)20(35-5)21-25-11-15(24)12-26-21/h6-8,11-14,16,20H,9-10H2,1-5H3,(H,28,29)/t13-,14-,16-,20-/m0/s1. The predicted molar refractivity (Wildman–Crippen MR) is 134 cm³/mol. The molecule has 1 saturated carbocycles. The molecule has 0 unspecified atom stereocenters. The number of nitrogens with zero attached hydrogens (tertiary/aromatic N) is 5. The lowest BCUT2D eigenvalue weighted by atomic mass is 9.74. The second-order valence-corrected chi connectivity index (χ2v) is 11.1. The van der Waals surface area contributed by atoms with Crippen molar-refractivity contribution in [2.75, 3.05) is 26.1 Å². The van der Waals surface area contributed by atoms with Gasteiger partial charge in [-0.3, -0.25) is 9.29 Å². The number of benzene rings is 1. The fourth-order valence-electron chi connectivity index (χ4n) is 4.28. The van der Waals surface area contributed by atoms with Crippen LogP contribution >= 0.6 is 11.6 Å². The minimum absolute atomic E-state index is 0.0191. The predicted octanol–water partition coefficient (Wildman–Crippen LogP) is 3.76. The van der Waals surface area contributed by atoms with E-state index in [0.717, 1.165) is 12.8 Å². The van der Waals surface area contributed by atoms with Gasteiger partial charge in [-0.05, 0) is 37.8 Å². The van der Waals surface area contributed by atoms with E-state index in [-0.39, 0.29) is 17.7 Å².